The van der Waals surface area contributed by atoms with Gasteiger partial charge >= 0.3 is 6.03 Å². The van der Waals surface area contributed by atoms with Crippen LogP contribution in [0.15, 0.2) is 48.5 Å². The third kappa shape index (κ3) is 4.31. The molecule has 0 aliphatic carbocycles. The molecule has 4 amide bonds. The van der Waals surface area contributed by atoms with Gasteiger partial charge in [0.1, 0.15) is 17.9 Å². The Bertz CT molecular complexity index is 963. The van der Waals surface area contributed by atoms with Crippen LogP contribution in [-0.4, -0.2) is 29.3 Å². The molecule has 2 N–H and O–H groups in total. The number of halogens is 2. The fourth-order valence-corrected chi connectivity index (χ4v) is 3.61. The van der Waals surface area contributed by atoms with Crippen LogP contribution < -0.4 is 10.6 Å². The lowest BCUT2D eigenvalue weighted by Gasteiger charge is -2.25. The van der Waals surface area contributed by atoms with Crippen molar-refractivity contribution in [3.05, 3.63) is 70.5 Å². The fraction of sp³-hybridized carbons (Fsp3) is 0.318. The fourth-order valence-electron chi connectivity index (χ4n) is 3.49. The van der Waals surface area contributed by atoms with E-state index in [-0.39, 0.29) is 12.0 Å². The van der Waals surface area contributed by atoms with Crippen LogP contribution in [0.2, 0.25) is 5.02 Å². The van der Waals surface area contributed by atoms with Gasteiger partial charge in [-0.3, -0.25) is 14.5 Å². The number of rotatable bonds is 6. The monoisotopic (exact) mass is 431 g/mol. The second kappa shape index (κ2) is 8.44. The van der Waals surface area contributed by atoms with E-state index in [1.165, 1.54) is 31.2 Å². The van der Waals surface area contributed by atoms with E-state index in [1.807, 2.05) is 26.0 Å². The second-order valence-electron chi connectivity index (χ2n) is 7.79. The molecule has 0 saturated carbocycles. The molecule has 2 atom stereocenters. The Morgan fingerprint density at radius 3 is 2.30 bits per heavy atom. The highest BCUT2D eigenvalue weighted by molar-refractivity contribution is 6.30. The zero-order valence-electron chi connectivity index (χ0n) is 16.9. The smallest absolute Gasteiger partial charge is 0.325 e. The minimum Gasteiger partial charge on any atom is -0.347 e. The average molecular weight is 432 g/mol. The van der Waals surface area contributed by atoms with E-state index in [1.54, 1.807) is 12.1 Å². The van der Waals surface area contributed by atoms with Crippen molar-refractivity contribution >= 4 is 29.4 Å². The maximum absolute atomic E-state index is 13.2. The molecule has 3 rings (SSSR count). The lowest BCUT2D eigenvalue weighted by Crippen LogP contribution is -2.44. The minimum absolute atomic E-state index is 0.0720. The van der Waals surface area contributed by atoms with E-state index in [4.69, 9.17) is 11.6 Å². The van der Waals surface area contributed by atoms with Gasteiger partial charge in [-0.1, -0.05) is 49.7 Å². The highest BCUT2D eigenvalue weighted by atomic mass is 35.5. The molecule has 1 fully saturated rings. The maximum atomic E-state index is 13.2. The SMILES string of the molecule is CC(C)C(NC(=O)CN1C(=O)NC(C)(c2ccc(F)cc2)C1=O)c1ccc(Cl)cc1. The number of carbonyl (C=O) groups excluding carboxylic acids is 3. The van der Waals surface area contributed by atoms with Crippen LogP contribution >= 0.6 is 11.6 Å². The van der Waals surface area contributed by atoms with E-state index in [2.05, 4.69) is 10.6 Å². The quantitative estimate of drug-likeness (QED) is 0.683. The molecule has 2 unspecified atom stereocenters. The van der Waals surface area contributed by atoms with Crippen LogP contribution in [0.4, 0.5) is 9.18 Å². The summed E-state index contributed by atoms with van der Waals surface area (Å²) >= 11 is 5.94. The first kappa shape index (κ1) is 21.8. The summed E-state index contributed by atoms with van der Waals surface area (Å²) < 4.78 is 13.2. The Morgan fingerprint density at radius 1 is 1.13 bits per heavy atom. The molecular weight excluding hydrogens is 409 g/mol. The van der Waals surface area contributed by atoms with Crippen LogP contribution in [0.5, 0.6) is 0 Å². The molecule has 6 nitrogen and oxygen atoms in total. The first-order valence-corrected chi connectivity index (χ1v) is 9.94. The molecule has 1 saturated heterocycles. The molecule has 158 valence electrons. The predicted octanol–water partition coefficient (Wildman–Crippen LogP) is 3.76. The third-order valence-electron chi connectivity index (χ3n) is 5.21. The van der Waals surface area contributed by atoms with Gasteiger partial charge in [-0.2, -0.15) is 0 Å². The lowest BCUT2D eigenvalue weighted by molar-refractivity contribution is -0.135. The molecule has 1 heterocycles. The van der Waals surface area contributed by atoms with Gasteiger partial charge in [0.15, 0.2) is 0 Å². The van der Waals surface area contributed by atoms with E-state index < -0.39 is 35.7 Å². The van der Waals surface area contributed by atoms with E-state index in [0.29, 0.717) is 10.6 Å². The Labute approximate surface area is 179 Å². The summed E-state index contributed by atoms with van der Waals surface area (Å²) in [6.45, 7) is 5.03. The summed E-state index contributed by atoms with van der Waals surface area (Å²) in [7, 11) is 0. The van der Waals surface area contributed by atoms with E-state index >= 15 is 0 Å². The predicted molar refractivity (Wildman–Crippen MR) is 111 cm³/mol. The Kier molecular flexibility index (Phi) is 6.12. The van der Waals surface area contributed by atoms with Crippen LogP contribution in [0.3, 0.4) is 0 Å². The third-order valence-corrected chi connectivity index (χ3v) is 5.46. The molecule has 0 bridgehead atoms. The van der Waals surface area contributed by atoms with Crippen molar-refractivity contribution in [1.82, 2.24) is 15.5 Å². The standard InChI is InChI=1S/C22H23ClFN3O3/c1-13(2)19(14-4-8-16(23)9-5-14)25-18(28)12-27-20(29)22(3,26-21(27)30)15-6-10-17(24)11-7-15/h4-11,13,19H,12H2,1-3H3,(H,25,28)(H,26,30). The highest BCUT2D eigenvalue weighted by Crippen LogP contribution is 2.29. The van der Waals surface area contributed by atoms with Crippen molar-refractivity contribution in [2.45, 2.75) is 32.4 Å². The molecule has 0 radical (unpaired) electrons. The summed E-state index contributed by atoms with van der Waals surface area (Å²) in [6.07, 6.45) is 0. The number of hydrogen-bond donors (Lipinski definition) is 2. The summed E-state index contributed by atoms with van der Waals surface area (Å²) in [6, 6.07) is 11.5. The highest BCUT2D eigenvalue weighted by Gasteiger charge is 2.49. The Morgan fingerprint density at radius 2 is 1.73 bits per heavy atom. The van der Waals surface area contributed by atoms with Gasteiger partial charge in [0.05, 0.1) is 6.04 Å². The number of amides is 4. The topological polar surface area (TPSA) is 78.5 Å². The number of nitrogens with one attached hydrogen (secondary N) is 2. The summed E-state index contributed by atoms with van der Waals surface area (Å²) in [5, 5.41) is 6.08. The first-order valence-electron chi connectivity index (χ1n) is 9.57. The molecule has 2 aromatic rings. The van der Waals surface area contributed by atoms with Crippen molar-refractivity contribution in [2.75, 3.05) is 6.54 Å². The van der Waals surface area contributed by atoms with Crippen molar-refractivity contribution < 1.29 is 18.8 Å². The molecular formula is C22H23ClFN3O3. The van der Waals surface area contributed by atoms with Crippen LogP contribution in [0, 0.1) is 11.7 Å². The van der Waals surface area contributed by atoms with E-state index in [9.17, 15) is 18.8 Å². The van der Waals surface area contributed by atoms with Crippen LogP contribution in [0.1, 0.15) is 37.9 Å². The van der Waals surface area contributed by atoms with Crippen molar-refractivity contribution in [2.24, 2.45) is 5.92 Å². The Balaban J connectivity index is 1.74. The zero-order valence-corrected chi connectivity index (χ0v) is 17.7. The maximum Gasteiger partial charge on any atom is 0.325 e. The van der Waals surface area contributed by atoms with Crippen LogP contribution in [-0.2, 0) is 15.1 Å². The van der Waals surface area contributed by atoms with Crippen LogP contribution in [0.25, 0.3) is 0 Å². The Hall–Kier alpha value is -2.93. The van der Waals surface area contributed by atoms with Crippen molar-refractivity contribution in [3.63, 3.8) is 0 Å². The van der Waals surface area contributed by atoms with E-state index in [0.717, 1.165) is 10.5 Å². The van der Waals surface area contributed by atoms with Gasteiger partial charge in [0.25, 0.3) is 5.91 Å². The van der Waals surface area contributed by atoms with Gasteiger partial charge in [-0.15, -0.1) is 0 Å². The molecule has 0 aromatic heterocycles. The summed E-state index contributed by atoms with van der Waals surface area (Å²) in [5.74, 6) is -1.41. The molecule has 1 aliphatic rings. The molecule has 30 heavy (non-hydrogen) atoms. The van der Waals surface area contributed by atoms with Gasteiger partial charge in [-0.05, 0) is 48.2 Å². The number of hydrogen-bond acceptors (Lipinski definition) is 3. The second-order valence-corrected chi connectivity index (χ2v) is 8.23. The number of urea groups is 1. The normalized spacial score (nSPS) is 19.7. The number of carbonyl (C=O) groups is 3. The summed E-state index contributed by atoms with van der Waals surface area (Å²) in [4.78, 5) is 38.9. The van der Waals surface area contributed by atoms with Crippen molar-refractivity contribution in [1.29, 1.82) is 0 Å². The molecule has 2 aromatic carbocycles. The number of nitrogens with zero attached hydrogens (tertiary/aromatic N) is 1. The van der Waals surface area contributed by atoms with Gasteiger partial charge in [-0.25, -0.2) is 9.18 Å². The molecule has 8 heteroatoms. The van der Waals surface area contributed by atoms with Gasteiger partial charge in [0, 0.05) is 5.02 Å². The van der Waals surface area contributed by atoms with Gasteiger partial charge in [0.2, 0.25) is 5.91 Å². The first-order chi connectivity index (χ1) is 14.1. The van der Waals surface area contributed by atoms with Gasteiger partial charge < -0.3 is 10.6 Å². The minimum atomic E-state index is -1.36. The lowest BCUT2D eigenvalue weighted by atomic mass is 9.92. The zero-order chi connectivity index (χ0) is 22.1. The largest absolute Gasteiger partial charge is 0.347 e. The number of imide groups is 1. The summed E-state index contributed by atoms with van der Waals surface area (Å²) in [5.41, 5.74) is -0.0546. The molecule has 1 aliphatic heterocycles. The average Bonchev–Trinajstić information content (AvgIpc) is 2.91. The molecule has 0 spiro atoms. The van der Waals surface area contributed by atoms with Crippen molar-refractivity contribution in [3.8, 4) is 0 Å². The number of benzene rings is 2.